The topological polar surface area (TPSA) is 50.7 Å². The van der Waals surface area contributed by atoms with Crippen LogP contribution in [0.15, 0.2) is 23.1 Å². The maximum absolute atomic E-state index is 8.83. The number of methoxy groups -OCH3 is 1. The van der Waals surface area contributed by atoms with Gasteiger partial charge in [-0.05, 0) is 25.0 Å². The van der Waals surface area contributed by atoms with Crippen LogP contribution in [0.4, 0.5) is 0 Å². The third kappa shape index (κ3) is 4.08. The molecule has 0 saturated heterocycles. The van der Waals surface area contributed by atoms with Crippen molar-refractivity contribution in [2.45, 2.75) is 13.3 Å². The molecule has 0 bridgehead atoms. The summed E-state index contributed by atoms with van der Waals surface area (Å²) >= 11 is 0.823. The molecule has 1 aliphatic heterocycles. The number of nitrogens with one attached hydrogen (secondary N) is 1. The number of hydrogen-bond acceptors (Lipinski definition) is 5. The van der Waals surface area contributed by atoms with Crippen LogP contribution in [-0.4, -0.2) is 37.2 Å². The zero-order valence-electron chi connectivity index (χ0n) is 9.78. The molecule has 1 rings (SSSR count). The van der Waals surface area contributed by atoms with Gasteiger partial charge in [-0.3, -0.25) is 0 Å². The largest absolute Gasteiger partial charge is 0.493 e. The summed E-state index contributed by atoms with van der Waals surface area (Å²) in [5, 5.41) is 3.22. The Morgan fingerprint density at radius 3 is 3.00 bits per heavy atom. The number of ether oxygens (including phenoxy) is 2. The van der Waals surface area contributed by atoms with Gasteiger partial charge in [-0.25, -0.2) is 0 Å². The summed E-state index contributed by atoms with van der Waals surface area (Å²) in [6.45, 7) is 4.14. The maximum atomic E-state index is 8.83. The lowest BCUT2D eigenvalue weighted by molar-refractivity contribution is 0.147. The second-order valence-electron chi connectivity index (χ2n) is 3.52. The van der Waals surface area contributed by atoms with Gasteiger partial charge in [-0.15, -0.1) is 0 Å². The molecule has 0 fully saturated rings. The summed E-state index contributed by atoms with van der Waals surface area (Å²) in [5.41, 5.74) is 2.11. The van der Waals surface area contributed by atoms with Crippen molar-refractivity contribution in [1.29, 1.82) is 0 Å². The Morgan fingerprint density at radius 1 is 1.50 bits per heavy atom. The second-order valence-corrected chi connectivity index (χ2v) is 4.07. The van der Waals surface area contributed by atoms with Crippen LogP contribution in [0.25, 0.3) is 0 Å². The number of allylic oxidation sites excluding steroid dienone is 1. The summed E-state index contributed by atoms with van der Waals surface area (Å²) < 4.78 is 19.5. The van der Waals surface area contributed by atoms with E-state index >= 15 is 0 Å². The lowest BCUT2D eigenvalue weighted by atomic mass is 10.1. The van der Waals surface area contributed by atoms with Crippen molar-refractivity contribution in [2.75, 3.05) is 32.6 Å². The first-order valence-corrected chi connectivity index (χ1v) is 6.26. The van der Waals surface area contributed by atoms with E-state index in [2.05, 4.69) is 5.32 Å². The zero-order valence-corrected chi connectivity index (χ0v) is 10.6. The predicted molar refractivity (Wildman–Crippen MR) is 66.3 cm³/mol. The molecule has 0 aliphatic carbocycles. The van der Waals surface area contributed by atoms with Crippen molar-refractivity contribution in [3.63, 3.8) is 0 Å². The van der Waals surface area contributed by atoms with Gasteiger partial charge in [0.25, 0.3) is 0 Å². The molecule has 0 atom stereocenters. The molecule has 0 radical (unpaired) electrons. The highest BCUT2D eigenvalue weighted by molar-refractivity contribution is 7.93. The Bertz CT molecular complexity index is 276. The van der Waals surface area contributed by atoms with Gasteiger partial charge in [0.2, 0.25) is 0 Å². The second kappa shape index (κ2) is 7.60. The Balaban J connectivity index is 2.43. The average Bonchev–Trinajstić information content (AvgIpc) is 2.29. The number of hydrogen-bond donors (Lipinski definition) is 2. The highest BCUT2D eigenvalue weighted by atomic mass is 32.2. The Hall–Kier alpha value is -0.650. The molecule has 0 saturated carbocycles. The maximum Gasteiger partial charge on any atom is 0.121 e. The predicted octanol–water partition coefficient (Wildman–Crippen LogP) is 2.01. The quantitative estimate of drug-likeness (QED) is 0.531. The van der Waals surface area contributed by atoms with E-state index in [9.17, 15) is 0 Å². The monoisotopic (exact) mass is 245 g/mol. The van der Waals surface area contributed by atoms with E-state index < -0.39 is 0 Å². The smallest absolute Gasteiger partial charge is 0.121 e. The molecule has 0 unspecified atom stereocenters. The van der Waals surface area contributed by atoms with Gasteiger partial charge in [-0.2, -0.15) is 0 Å². The Labute approximate surface area is 101 Å². The minimum Gasteiger partial charge on any atom is -0.493 e. The molecule has 92 valence electrons. The highest BCUT2D eigenvalue weighted by Crippen LogP contribution is 2.19. The van der Waals surface area contributed by atoms with Crippen molar-refractivity contribution >= 4 is 12.0 Å². The molecular weight excluding hydrogens is 226 g/mol. The van der Waals surface area contributed by atoms with Gasteiger partial charge in [0.15, 0.2) is 0 Å². The first kappa shape index (κ1) is 13.4. The van der Waals surface area contributed by atoms with Gasteiger partial charge in [0.05, 0.1) is 12.4 Å². The molecule has 4 nitrogen and oxygen atoms in total. The van der Waals surface area contributed by atoms with E-state index in [0.29, 0.717) is 19.0 Å². The van der Waals surface area contributed by atoms with E-state index in [0.717, 1.165) is 42.0 Å². The van der Waals surface area contributed by atoms with Crippen molar-refractivity contribution < 1.29 is 14.0 Å². The summed E-state index contributed by atoms with van der Waals surface area (Å²) in [5.74, 6) is 1.49. The van der Waals surface area contributed by atoms with Crippen LogP contribution in [0, 0.1) is 0 Å². The summed E-state index contributed by atoms with van der Waals surface area (Å²) in [6, 6.07) is 0. The standard InChI is InChI=1S/C11H19NO3S/c1-9-10(8-16-13)12-5-4-11(9)15-7-3-6-14-2/h4,12-13H,3,5-8H2,1-2H3. The molecule has 5 heteroatoms. The normalized spacial score (nSPS) is 15.8. The van der Waals surface area contributed by atoms with Gasteiger partial charge in [-0.1, -0.05) is 0 Å². The van der Waals surface area contributed by atoms with Gasteiger partial charge in [0, 0.05) is 38.0 Å². The lowest BCUT2D eigenvalue weighted by Gasteiger charge is -2.20. The molecule has 0 aromatic carbocycles. The molecule has 1 heterocycles. The zero-order chi connectivity index (χ0) is 11.8. The Morgan fingerprint density at radius 2 is 2.31 bits per heavy atom. The van der Waals surface area contributed by atoms with E-state index in [1.165, 1.54) is 0 Å². The van der Waals surface area contributed by atoms with Crippen molar-refractivity contribution in [2.24, 2.45) is 0 Å². The first-order valence-electron chi connectivity index (χ1n) is 5.32. The van der Waals surface area contributed by atoms with Crippen LogP contribution < -0.4 is 5.32 Å². The third-order valence-electron chi connectivity index (χ3n) is 2.38. The van der Waals surface area contributed by atoms with Crippen LogP contribution in [0.1, 0.15) is 13.3 Å². The molecule has 0 aromatic rings. The molecule has 0 amide bonds. The summed E-state index contributed by atoms with van der Waals surface area (Å²) in [7, 11) is 1.69. The minimum absolute atomic E-state index is 0.574. The van der Waals surface area contributed by atoms with E-state index in [4.69, 9.17) is 14.0 Å². The van der Waals surface area contributed by atoms with Gasteiger partial charge in [0.1, 0.15) is 5.76 Å². The first-order chi connectivity index (χ1) is 7.79. The van der Waals surface area contributed by atoms with Gasteiger partial charge >= 0.3 is 0 Å². The molecule has 0 spiro atoms. The Kier molecular flexibility index (Phi) is 6.37. The summed E-state index contributed by atoms with van der Waals surface area (Å²) in [6.07, 6.45) is 2.91. The number of rotatable bonds is 7. The van der Waals surface area contributed by atoms with Crippen molar-refractivity contribution in [3.8, 4) is 0 Å². The fourth-order valence-electron chi connectivity index (χ4n) is 1.48. The summed E-state index contributed by atoms with van der Waals surface area (Å²) in [4.78, 5) is 0. The molecular formula is C11H19NO3S. The number of dihydropyridines is 1. The van der Waals surface area contributed by atoms with Crippen LogP contribution in [0.5, 0.6) is 0 Å². The van der Waals surface area contributed by atoms with Gasteiger partial charge < -0.3 is 19.3 Å². The minimum atomic E-state index is 0.574. The SMILES string of the molecule is COCCCOC1=CCNC(CSO)=C1C. The molecule has 16 heavy (non-hydrogen) atoms. The lowest BCUT2D eigenvalue weighted by Crippen LogP contribution is -2.22. The van der Waals surface area contributed by atoms with Crippen LogP contribution >= 0.6 is 12.0 Å². The van der Waals surface area contributed by atoms with E-state index in [1.54, 1.807) is 7.11 Å². The molecule has 2 N–H and O–H groups in total. The van der Waals surface area contributed by atoms with Crippen LogP contribution in [-0.2, 0) is 9.47 Å². The van der Waals surface area contributed by atoms with Crippen molar-refractivity contribution in [3.05, 3.63) is 23.1 Å². The van der Waals surface area contributed by atoms with Crippen LogP contribution in [0.2, 0.25) is 0 Å². The molecule has 1 aliphatic rings. The van der Waals surface area contributed by atoms with E-state index in [1.807, 2.05) is 13.0 Å². The average molecular weight is 245 g/mol. The third-order valence-corrected chi connectivity index (χ3v) is 2.80. The van der Waals surface area contributed by atoms with Crippen LogP contribution in [0.3, 0.4) is 0 Å². The molecule has 0 aromatic heterocycles. The van der Waals surface area contributed by atoms with E-state index in [-0.39, 0.29) is 0 Å². The van der Waals surface area contributed by atoms with Crippen molar-refractivity contribution in [1.82, 2.24) is 5.32 Å². The fraction of sp³-hybridized carbons (Fsp3) is 0.636. The fourth-order valence-corrected chi connectivity index (χ4v) is 1.93. The highest BCUT2D eigenvalue weighted by Gasteiger charge is 2.12.